The lowest BCUT2D eigenvalue weighted by Crippen LogP contribution is -2.54. The Hall–Kier alpha value is -1.52. The van der Waals surface area contributed by atoms with Gasteiger partial charge in [0.15, 0.2) is 0 Å². The van der Waals surface area contributed by atoms with Gasteiger partial charge in [0.05, 0.1) is 13.2 Å². The molecule has 9 nitrogen and oxygen atoms in total. The highest BCUT2D eigenvalue weighted by atomic mass is 32.2. The number of thioether (sulfide) groups is 1. The maximum Gasteiger partial charge on any atom is 0.410 e. The molecule has 0 spiro atoms. The SMILES string of the molecule is CSCC[C@H](NC(=O)[C@@H]1CCCN1C(=O)OC(C)(C)C)C(=O)NCCN1CCOCC1. The average molecular weight is 459 g/mol. The molecule has 0 aromatic heterocycles. The fourth-order valence-corrected chi connectivity index (χ4v) is 4.11. The molecule has 0 aliphatic carbocycles. The molecule has 10 heteroatoms. The molecule has 2 saturated heterocycles. The number of amides is 3. The Kier molecular flexibility index (Phi) is 10.4. The number of carbonyl (C=O) groups excluding carboxylic acids is 3. The molecule has 2 aliphatic rings. The minimum Gasteiger partial charge on any atom is -0.444 e. The van der Waals surface area contributed by atoms with E-state index in [2.05, 4.69) is 15.5 Å². The number of ether oxygens (including phenoxy) is 2. The number of hydrogen-bond acceptors (Lipinski definition) is 7. The number of rotatable bonds is 9. The van der Waals surface area contributed by atoms with Crippen LogP contribution in [0.2, 0.25) is 0 Å². The molecule has 31 heavy (non-hydrogen) atoms. The zero-order valence-electron chi connectivity index (χ0n) is 19.3. The predicted octanol–water partition coefficient (Wildman–Crippen LogP) is 1.07. The third-order valence-electron chi connectivity index (χ3n) is 5.26. The van der Waals surface area contributed by atoms with Crippen LogP contribution < -0.4 is 10.6 Å². The van der Waals surface area contributed by atoms with Crippen LogP contribution in [0.5, 0.6) is 0 Å². The third-order valence-corrected chi connectivity index (χ3v) is 5.90. The van der Waals surface area contributed by atoms with E-state index in [1.165, 1.54) is 4.90 Å². The minimum absolute atomic E-state index is 0.183. The average Bonchev–Trinajstić information content (AvgIpc) is 3.20. The van der Waals surface area contributed by atoms with Gasteiger partial charge in [0.1, 0.15) is 17.7 Å². The minimum atomic E-state index is -0.623. The zero-order chi connectivity index (χ0) is 22.9. The van der Waals surface area contributed by atoms with Crippen LogP contribution in [0.25, 0.3) is 0 Å². The van der Waals surface area contributed by atoms with Gasteiger partial charge in [0.25, 0.3) is 0 Å². The molecule has 0 radical (unpaired) electrons. The van der Waals surface area contributed by atoms with E-state index in [-0.39, 0.29) is 11.8 Å². The number of hydrogen-bond donors (Lipinski definition) is 2. The van der Waals surface area contributed by atoms with Gasteiger partial charge in [-0.1, -0.05) is 0 Å². The highest BCUT2D eigenvalue weighted by Gasteiger charge is 2.37. The van der Waals surface area contributed by atoms with Crippen molar-refractivity contribution < 1.29 is 23.9 Å². The van der Waals surface area contributed by atoms with Gasteiger partial charge >= 0.3 is 6.09 Å². The molecule has 0 saturated carbocycles. The number of nitrogens with zero attached hydrogens (tertiary/aromatic N) is 2. The Bertz CT molecular complexity index is 607. The first-order valence-corrected chi connectivity index (χ1v) is 12.5. The van der Waals surface area contributed by atoms with E-state index in [0.717, 1.165) is 45.0 Å². The van der Waals surface area contributed by atoms with E-state index >= 15 is 0 Å². The molecular weight excluding hydrogens is 420 g/mol. The van der Waals surface area contributed by atoms with E-state index < -0.39 is 23.8 Å². The quantitative estimate of drug-likeness (QED) is 0.533. The van der Waals surface area contributed by atoms with Crippen LogP contribution in [0.4, 0.5) is 4.79 Å². The maximum absolute atomic E-state index is 13.0. The Labute approximate surface area is 189 Å². The summed E-state index contributed by atoms with van der Waals surface area (Å²) in [5, 5.41) is 5.83. The summed E-state index contributed by atoms with van der Waals surface area (Å²) in [6, 6.07) is -1.22. The molecule has 2 atom stereocenters. The van der Waals surface area contributed by atoms with Gasteiger partial charge in [-0.25, -0.2) is 4.79 Å². The van der Waals surface area contributed by atoms with Gasteiger partial charge in [-0.3, -0.25) is 19.4 Å². The van der Waals surface area contributed by atoms with Gasteiger partial charge in [0, 0.05) is 32.7 Å². The number of likely N-dealkylation sites (tertiary alicyclic amines) is 1. The van der Waals surface area contributed by atoms with Crippen LogP contribution in [0.15, 0.2) is 0 Å². The van der Waals surface area contributed by atoms with E-state index in [4.69, 9.17) is 9.47 Å². The smallest absolute Gasteiger partial charge is 0.410 e. The van der Waals surface area contributed by atoms with Crippen molar-refractivity contribution >= 4 is 29.7 Å². The van der Waals surface area contributed by atoms with Gasteiger partial charge < -0.3 is 20.1 Å². The Balaban J connectivity index is 1.89. The van der Waals surface area contributed by atoms with Crippen LogP contribution >= 0.6 is 11.8 Å². The topological polar surface area (TPSA) is 100 Å². The summed E-state index contributed by atoms with van der Waals surface area (Å²) in [5.74, 6) is 0.276. The summed E-state index contributed by atoms with van der Waals surface area (Å²) in [4.78, 5) is 41.9. The summed E-state index contributed by atoms with van der Waals surface area (Å²) < 4.78 is 10.8. The molecule has 2 rings (SSSR count). The number of morpholine rings is 1. The van der Waals surface area contributed by atoms with Crippen molar-refractivity contribution in [1.29, 1.82) is 0 Å². The summed E-state index contributed by atoms with van der Waals surface area (Å²) >= 11 is 1.63. The predicted molar refractivity (Wildman–Crippen MR) is 121 cm³/mol. The van der Waals surface area contributed by atoms with E-state index in [1.807, 2.05) is 6.26 Å². The first-order valence-electron chi connectivity index (χ1n) is 11.1. The molecule has 2 fully saturated rings. The van der Waals surface area contributed by atoms with E-state index in [0.29, 0.717) is 25.9 Å². The molecule has 0 bridgehead atoms. The fraction of sp³-hybridized carbons (Fsp3) is 0.857. The van der Waals surface area contributed by atoms with Crippen molar-refractivity contribution in [1.82, 2.24) is 20.4 Å². The summed E-state index contributed by atoms with van der Waals surface area (Å²) in [6.45, 7) is 10.3. The van der Waals surface area contributed by atoms with Crippen LogP contribution in [0, 0.1) is 0 Å². The highest BCUT2D eigenvalue weighted by Crippen LogP contribution is 2.21. The Morgan fingerprint density at radius 3 is 2.55 bits per heavy atom. The van der Waals surface area contributed by atoms with Crippen molar-refractivity contribution in [3.05, 3.63) is 0 Å². The highest BCUT2D eigenvalue weighted by molar-refractivity contribution is 7.98. The van der Waals surface area contributed by atoms with Crippen molar-refractivity contribution in [2.45, 2.75) is 57.7 Å². The van der Waals surface area contributed by atoms with Crippen molar-refractivity contribution in [3.8, 4) is 0 Å². The van der Waals surface area contributed by atoms with Crippen LogP contribution in [-0.2, 0) is 19.1 Å². The second-order valence-electron chi connectivity index (χ2n) is 8.92. The van der Waals surface area contributed by atoms with E-state index in [9.17, 15) is 14.4 Å². The number of nitrogens with one attached hydrogen (secondary N) is 2. The van der Waals surface area contributed by atoms with Crippen LogP contribution in [0.3, 0.4) is 0 Å². The molecule has 2 heterocycles. The van der Waals surface area contributed by atoms with Gasteiger partial charge in [-0.2, -0.15) is 11.8 Å². The zero-order valence-corrected chi connectivity index (χ0v) is 20.1. The monoisotopic (exact) mass is 458 g/mol. The second kappa shape index (κ2) is 12.5. The molecule has 3 amide bonds. The van der Waals surface area contributed by atoms with Gasteiger partial charge in [-0.05, 0) is 52.0 Å². The summed E-state index contributed by atoms with van der Waals surface area (Å²) in [7, 11) is 0. The third kappa shape index (κ3) is 8.86. The first-order chi connectivity index (χ1) is 14.7. The molecule has 2 aliphatic heterocycles. The van der Waals surface area contributed by atoms with Crippen LogP contribution in [0.1, 0.15) is 40.0 Å². The maximum atomic E-state index is 13.0. The van der Waals surface area contributed by atoms with Crippen molar-refractivity contribution in [3.63, 3.8) is 0 Å². The lowest BCUT2D eigenvalue weighted by Gasteiger charge is -2.29. The fourth-order valence-electron chi connectivity index (χ4n) is 3.64. The standard InChI is InChI=1S/C21H38N4O5S/c1-21(2,3)30-20(28)25-9-5-6-17(25)19(27)23-16(7-15-31-4)18(26)22-8-10-24-11-13-29-14-12-24/h16-17H,5-15H2,1-4H3,(H,22,26)(H,23,27)/t16-,17-/m0/s1. The van der Waals surface area contributed by atoms with Gasteiger partial charge in [0.2, 0.25) is 11.8 Å². The molecule has 0 aromatic carbocycles. The summed E-state index contributed by atoms with van der Waals surface area (Å²) in [6.07, 6.45) is 3.32. The van der Waals surface area contributed by atoms with Gasteiger partial charge in [-0.15, -0.1) is 0 Å². The summed E-state index contributed by atoms with van der Waals surface area (Å²) in [5.41, 5.74) is -0.623. The number of carbonyl (C=O) groups is 3. The Morgan fingerprint density at radius 1 is 1.19 bits per heavy atom. The molecule has 2 N–H and O–H groups in total. The first kappa shape index (κ1) is 25.7. The second-order valence-corrected chi connectivity index (χ2v) is 9.91. The van der Waals surface area contributed by atoms with Crippen LogP contribution in [-0.4, -0.2) is 103 Å². The Morgan fingerprint density at radius 2 is 1.90 bits per heavy atom. The van der Waals surface area contributed by atoms with E-state index in [1.54, 1.807) is 32.5 Å². The lowest BCUT2D eigenvalue weighted by molar-refractivity contribution is -0.131. The molecule has 0 aromatic rings. The molecular formula is C21H38N4O5S. The normalized spacial score (nSPS) is 20.9. The largest absolute Gasteiger partial charge is 0.444 e. The van der Waals surface area contributed by atoms with Crippen molar-refractivity contribution in [2.24, 2.45) is 0 Å². The lowest BCUT2D eigenvalue weighted by atomic mass is 10.1. The molecule has 0 unspecified atom stereocenters. The van der Waals surface area contributed by atoms with Crippen molar-refractivity contribution in [2.75, 3.05) is 57.9 Å². The molecule has 178 valence electrons.